The van der Waals surface area contributed by atoms with E-state index in [1.807, 2.05) is 6.92 Å². The van der Waals surface area contributed by atoms with Gasteiger partial charge in [0.15, 0.2) is 0 Å². The normalized spacial score (nSPS) is 27.7. The van der Waals surface area contributed by atoms with Crippen molar-refractivity contribution in [1.82, 2.24) is 15.1 Å². The van der Waals surface area contributed by atoms with Crippen LogP contribution in [0.2, 0.25) is 0 Å². The van der Waals surface area contributed by atoms with Crippen LogP contribution >= 0.6 is 0 Å². The van der Waals surface area contributed by atoms with Gasteiger partial charge in [-0.3, -0.25) is 14.9 Å². The molecule has 19 heavy (non-hydrogen) atoms. The Kier molecular flexibility index (Phi) is 3.75. The molecule has 0 aromatic carbocycles. The quantitative estimate of drug-likeness (QED) is 0.663. The maximum Gasteiger partial charge on any atom is 0.325 e. The van der Waals surface area contributed by atoms with Crippen molar-refractivity contribution in [3.05, 3.63) is 0 Å². The van der Waals surface area contributed by atoms with Crippen LogP contribution in [0.5, 0.6) is 0 Å². The first-order chi connectivity index (χ1) is 8.93. The molecular formula is C12H19N3O4. The third-order valence-corrected chi connectivity index (χ3v) is 3.76. The average molecular weight is 269 g/mol. The van der Waals surface area contributed by atoms with E-state index in [0.717, 1.165) is 6.42 Å². The Morgan fingerprint density at radius 2 is 2.21 bits per heavy atom. The van der Waals surface area contributed by atoms with E-state index in [1.54, 1.807) is 4.90 Å². The number of piperidine rings is 1. The molecule has 2 saturated heterocycles. The topological polar surface area (TPSA) is 89.9 Å². The molecule has 4 amide bonds. The van der Waals surface area contributed by atoms with E-state index < -0.39 is 11.6 Å². The molecule has 7 nitrogen and oxygen atoms in total. The number of amides is 4. The number of rotatable bonds is 3. The van der Waals surface area contributed by atoms with Crippen LogP contribution in [0.25, 0.3) is 0 Å². The second-order valence-electron chi connectivity index (χ2n) is 5.21. The molecule has 0 bridgehead atoms. The largest absolute Gasteiger partial charge is 0.388 e. The Labute approximate surface area is 111 Å². The molecule has 1 atom stereocenters. The Bertz CT molecular complexity index is 412. The molecule has 2 aliphatic heterocycles. The van der Waals surface area contributed by atoms with Crippen LogP contribution in [-0.4, -0.2) is 64.5 Å². The van der Waals surface area contributed by atoms with Gasteiger partial charge in [0.05, 0.1) is 5.60 Å². The zero-order valence-electron chi connectivity index (χ0n) is 11.0. The Morgan fingerprint density at radius 1 is 1.47 bits per heavy atom. The van der Waals surface area contributed by atoms with Crippen molar-refractivity contribution in [2.45, 2.75) is 31.8 Å². The van der Waals surface area contributed by atoms with Crippen molar-refractivity contribution >= 4 is 17.8 Å². The summed E-state index contributed by atoms with van der Waals surface area (Å²) in [6, 6.07) is -0.527. The molecule has 0 spiro atoms. The number of carbonyl (C=O) groups is 3. The molecule has 2 heterocycles. The van der Waals surface area contributed by atoms with E-state index in [-0.39, 0.29) is 24.9 Å². The fraction of sp³-hybridized carbons (Fsp3) is 0.750. The highest BCUT2D eigenvalue weighted by molar-refractivity contribution is 6.03. The van der Waals surface area contributed by atoms with E-state index >= 15 is 0 Å². The SMILES string of the molecule is CC[C@@]1(O)CCCN(C(=O)CN2CC(=O)NC2=O)C1. The standard InChI is InChI=1S/C12H19N3O4/c1-2-12(19)4-3-5-14(8-12)10(17)7-15-6-9(16)13-11(15)18/h19H,2-8H2,1H3,(H,13,16,18)/t12-/m1/s1. The first-order valence-electron chi connectivity index (χ1n) is 6.52. The molecule has 2 rings (SSSR count). The van der Waals surface area contributed by atoms with Gasteiger partial charge in [-0.1, -0.05) is 6.92 Å². The van der Waals surface area contributed by atoms with Crippen molar-refractivity contribution in [1.29, 1.82) is 0 Å². The van der Waals surface area contributed by atoms with Gasteiger partial charge in [0, 0.05) is 13.1 Å². The molecule has 0 aliphatic carbocycles. The minimum atomic E-state index is -0.822. The van der Waals surface area contributed by atoms with Crippen molar-refractivity contribution in [2.24, 2.45) is 0 Å². The van der Waals surface area contributed by atoms with Gasteiger partial charge in [-0.15, -0.1) is 0 Å². The highest BCUT2D eigenvalue weighted by Gasteiger charge is 2.35. The zero-order valence-corrected chi connectivity index (χ0v) is 11.0. The molecule has 2 N–H and O–H groups in total. The smallest absolute Gasteiger partial charge is 0.325 e. The van der Waals surface area contributed by atoms with Crippen molar-refractivity contribution in [2.75, 3.05) is 26.2 Å². The van der Waals surface area contributed by atoms with Gasteiger partial charge in [0.2, 0.25) is 11.8 Å². The highest BCUT2D eigenvalue weighted by atomic mass is 16.3. The number of likely N-dealkylation sites (tertiary alicyclic amines) is 1. The number of β-amino-alcohol motifs (C(OH)–C–C–N with tert-alkyl or cyclic N) is 1. The van der Waals surface area contributed by atoms with Gasteiger partial charge in [-0.05, 0) is 19.3 Å². The average Bonchev–Trinajstić information content (AvgIpc) is 2.68. The van der Waals surface area contributed by atoms with Crippen LogP contribution in [0.4, 0.5) is 4.79 Å². The van der Waals surface area contributed by atoms with E-state index in [0.29, 0.717) is 25.9 Å². The number of nitrogens with one attached hydrogen (secondary N) is 1. The Hall–Kier alpha value is -1.63. The molecule has 0 saturated carbocycles. The lowest BCUT2D eigenvalue weighted by atomic mass is 9.90. The van der Waals surface area contributed by atoms with Gasteiger partial charge >= 0.3 is 6.03 Å². The fourth-order valence-corrected chi connectivity index (χ4v) is 2.49. The van der Waals surface area contributed by atoms with Crippen LogP contribution in [0.15, 0.2) is 0 Å². The van der Waals surface area contributed by atoms with Crippen LogP contribution in [0.1, 0.15) is 26.2 Å². The predicted molar refractivity (Wildman–Crippen MR) is 66.2 cm³/mol. The van der Waals surface area contributed by atoms with Gasteiger partial charge in [-0.2, -0.15) is 0 Å². The highest BCUT2D eigenvalue weighted by Crippen LogP contribution is 2.24. The summed E-state index contributed by atoms with van der Waals surface area (Å²) in [5.74, 6) is -0.613. The Morgan fingerprint density at radius 3 is 2.79 bits per heavy atom. The summed E-state index contributed by atoms with van der Waals surface area (Å²) in [6.45, 7) is 2.59. The molecule has 106 valence electrons. The fourth-order valence-electron chi connectivity index (χ4n) is 2.49. The maximum absolute atomic E-state index is 12.1. The van der Waals surface area contributed by atoms with Crippen LogP contribution < -0.4 is 5.32 Å². The molecule has 7 heteroatoms. The third kappa shape index (κ3) is 3.04. The predicted octanol–water partition coefficient (Wildman–Crippen LogP) is -0.698. The molecule has 0 aromatic rings. The van der Waals surface area contributed by atoms with E-state index in [1.165, 1.54) is 4.90 Å². The van der Waals surface area contributed by atoms with Crippen molar-refractivity contribution < 1.29 is 19.5 Å². The number of nitrogens with zero attached hydrogens (tertiary/aromatic N) is 2. The molecule has 0 unspecified atom stereocenters. The summed E-state index contributed by atoms with van der Waals surface area (Å²) in [7, 11) is 0. The van der Waals surface area contributed by atoms with Crippen LogP contribution in [0.3, 0.4) is 0 Å². The van der Waals surface area contributed by atoms with Crippen molar-refractivity contribution in [3.8, 4) is 0 Å². The van der Waals surface area contributed by atoms with E-state index in [9.17, 15) is 19.5 Å². The number of hydrogen-bond acceptors (Lipinski definition) is 4. The number of imide groups is 1. The number of urea groups is 1. The minimum Gasteiger partial charge on any atom is -0.388 e. The molecule has 0 aromatic heterocycles. The summed E-state index contributed by atoms with van der Waals surface area (Å²) >= 11 is 0. The summed E-state index contributed by atoms with van der Waals surface area (Å²) in [5, 5.41) is 12.3. The first-order valence-corrected chi connectivity index (χ1v) is 6.52. The van der Waals surface area contributed by atoms with Gasteiger partial charge in [-0.25, -0.2) is 4.79 Å². The Balaban J connectivity index is 1.93. The molecule has 2 fully saturated rings. The minimum absolute atomic E-state index is 0.0730. The van der Waals surface area contributed by atoms with E-state index in [4.69, 9.17) is 0 Å². The van der Waals surface area contributed by atoms with Crippen LogP contribution in [0, 0.1) is 0 Å². The summed E-state index contributed by atoms with van der Waals surface area (Å²) in [5.41, 5.74) is -0.822. The molecule has 0 radical (unpaired) electrons. The summed E-state index contributed by atoms with van der Waals surface area (Å²) in [6.07, 6.45) is 2.04. The number of aliphatic hydroxyl groups is 1. The lowest BCUT2D eigenvalue weighted by Crippen LogP contribution is -2.52. The van der Waals surface area contributed by atoms with E-state index in [2.05, 4.69) is 5.32 Å². The second-order valence-corrected chi connectivity index (χ2v) is 5.21. The van der Waals surface area contributed by atoms with Crippen molar-refractivity contribution in [3.63, 3.8) is 0 Å². The van der Waals surface area contributed by atoms with Gasteiger partial charge in [0.25, 0.3) is 0 Å². The lowest BCUT2D eigenvalue weighted by molar-refractivity contribution is -0.139. The maximum atomic E-state index is 12.1. The van der Waals surface area contributed by atoms with Gasteiger partial charge in [0.1, 0.15) is 13.1 Å². The first kappa shape index (κ1) is 13.8. The summed E-state index contributed by atoms with van der Waals surface area (Å²) in [4.78, 5) is 37.2. The summed E-state index contributed by atoms with van der Waals surface area (Å²) < 4.78 is 0. The third-order valence-electron chi connectivity index (χ3n) is 3.76. The number of hydrogen-bond donors (Lipinski definition) is 2. The van der Waals surface area contributed by atoms with Gasteiger partial charge < -0.3 is 14.9 Å². The monoisotopic (exact) mass is 269 g/mol. The molecular weight excluding hydrogens is 250 g/mol. The zero-order chi connectivity index (χ0) is 14.0. The second kappa shape index (κ2) is 5.16. The lowest BCUT2D eigenvalue weighted by Gasteiger charge is -2.39. The molecule has 2 aliphatic rings. The van der Waals surface area contributed by atoms with Crippen LogP contribution in [-0.2, 0) is 9.59 Å². The number of carbonyl (C=O) groups excluding carboxylic acids is 3.